The van der Waals surface area contributed by atoms with Crippen LogP contribution in [-0.4, -0.2) is 54.3 Å². The van der Waals surface area contributed by atoms with Gasteiger partial charge in [0.2, 0.25) is 5.91 Å². The van der Waals surface area contributed by atoms with Crippen molar-refractivity contribution in [2.45, 2.75) is 26.7 Å². The van der Waals surface area contributed by atoms with Gasteiger partial charge >= 0.3 is 0 Å². The lowest BCUT2D eigenvalue weighted by Crippen LogP contribution is -2.50. The average Bonchev–Trinajstić information content (AvgIpc) is 2.71. The van der Waals surface area contributed by atoms with Crippen molar-refractivity contribution in [3.8, 4) is 0 Å². The van der Waals surface area contributed by atoms with Crippen molar-refractivity contribution >= 4 is 17.5 Å². The van der Waals surface area contributed by atoms with Crippen LogP contribution in [0.1, 0.15) is 41.3 Å². The molecule has 0 bridgehead atoms. The van der Waals surface area contributed by atoms with Crippen LogP contribution in [0.5, 0.6) is 0 Å². The van der Waals surface area contributed by atoms with E-state index in [-0.39, 0.29) is 23.9 Å². The molecular weight excluding hydrogens is 388 g/mol. The Bertz CT molecular complexity index is 938. The largest absolute Gasteiger partial charge is 0.336 e. The highest BCUT2D eigenvalue weighted by atomic mass is 19.2. The summed E-state index contributed by atoms with van der Waals surface area (Å²) < 4.78 is 26.5. The molecule has 0 unspecified atom stereocenters. The predicted octanol–water partition coefficient (Wildman–Crippen LogP) is 3.79. The highest BCUT2D eigenvalue weighted by Crippen LogP contribution is 2.27. The van der Waals surface area contributed by atoms with E-state index in [1.165, 1.54) is 6.07 Å². The highest BCUT2D eigenvalue weighted by molar-refractivity contribution is 5.95. The fourth-order valence-electron chi connectivity index (χ4n) is 3.65. The number of hydrogen-bond acceptors (Lipinski definition) is 3. The monoisotopic (exact) mass is 415 g/mol. The molecule has 1 saturated heterocycles. The van der Waals surface area contributed by atoms with Crippen molar-refractivity contribution in [3.05, 3.63) is 64.7 Å². The second-order valence-corrected chi connectivity index (χ2v) is 7.94. The van der Waals surface area contributed by atoms with Crippen LogP contribution in [0.4, 0.5) is 14.5 Å². The Morgan fingerprint density at radius 3 is 2.37 bits per heavy atom. The number of nitrogens with one attached hydrogen (secondary N) is 1. The summed E-state index contributed by atoms with van der Waals surface area (Å²) in [5.41, 5.74) is 3.12. The summed E-state index contributed by atoms with van der Waals surface area (Å²) in [4.78, 5) is 28.7. The fourth-order valence-corrected chi connectivity index (χ4v) is 3.65. The molecule has 5 nitrogen and oxygen atoms in total. The Hall–Kier alpha value is -2.80. The van der Waals surface area contributed by atoms with Crippen molar-refractivity contribution in [1.29, 1.82) is 0 Å². The SMILES string of the molecule is Cc1cccc(C(C)C)c1NC(=O)CN1CCN(C(=O)c2ccc(F)c(F)c2)CC1. The third-order valence-electron chi connectivity index (χ3n) is 5.38. The molecule has 0 aromatic heterocycles. The Kier molecular flexibility index (Phi) is 6.82. The van der Waals surface area contributed by atoms with E-state index in [0.717, 1.165) is 28.9 Å². The Morgan fingerprint density at radius 2 is 1.73 bits per heavy atom. The van der Waals surface area contributed by atoms with Gasteiger partial charge in [0, 0.05) is 37.4 Å². The van der Waals surface area contributed by atoms with Gasteiger partial charge in [-0.2, -0.15) is 0 Å². The molecule has 0 saturated carbocycles. The van der Waals surface area contributed by atoms with E-state index >= 15 is 0 Å². The van der Waals surface area contributed by atoms with Crippen LogP contribution < -0.4 is 5.32 Å². The number of nitrogens with zero attached hydrogens (tertiary/aromatic N) is 2. The number of para-hydroxylation sites is 1. The molecule has 2 aromatic rings. The van der Waals surface area contributed by atoms with Crippen molar-refractivity contribution < 1.29 is 18.4 Å². The van der Waals surface area contributed by atoms with Crippen molar-refractivity contribution in [2.75, 3.05) is 38.0 Å². The number of carbonyl (C=O) groups excluding carboxylic acids is 2. The summed E-state index contributed by atoms with van der Waals surface area (Å²) in [6, 6.07) is 9.16. The van der Waals surface area contributed by atoms with E-state index < -0.39 is 11.6 Å². The minimum absolute atomic E-state index is 0.0911. The van der Waals surface area contributed by atoms with Gasteiger partial charge in [-0.15, -0.1) is 0 Å². The van der Waals surface area contributed by atoms with Crippen LogP contribution in [0, 0.1) is 18.6 Å². The zero-order valence-electron chi connectivity index (χ0n) is 17.5. The van der Waals surface area contributed by atoms with E-state index in [9.17, 15) is 18.4 Å². The standard InChI is InChI=1S/C23H27F2N3O2/c1-15(2)18-6-4-5-16(3)22(18)26-21(29)14-27-9-11-28(12-10-27)23(30)17-7-8-19(24)20(25)13-17/h4-8,13,15H,9-12,14H2,1-3H3,(H,26,29). The maximum atomic E-state index is 13.4. The summed E-state index contributed by atoms with van der Waals surface area (Å²) in [5, 5.41) is 3.04. The molecule has 1 aliphatic heterocycles. The van der Waals surface area contributed by atoms with Gasteiger partial charge in [0.1, 0.15) is 0 Å². The maximum Gasteiger partial charge on any atom is 0.254 e. The number of hydrogen-bond donors (Lipinski definition) is 1. The van der Waals surface area contributed by atoms with Gasteiger partial charge < -0.3 is 10.2 Å². The topological polar surface area (TPSA) is 52.7 Å². The second-order valence-electron chi connectivity index (χ2n) is 7.94. The van der Waals surface area contributed by atoms with Gasteiger partial charge in [0.05, 0.1) is 6.54 Å². The molecule has 160 valence electrons. The molecule has 1 fully saturated rings. The lowest BCUT2D eigenvalue weighted by molar-refractivity contribution is -0.117. The normalized spacial score (nSPS) is 14.8. The number of amides is 2. The fraction of sp³-hybridized carbons (Fsp3) is 0.391. The molecular formula is C23H27F2N3O2. The number of aryl methyl sites for hydroxylation is 1. The Morgan fingerprint density at radius 1 is 1.03 bits per heavy atom. The number of piperazine rings is 1. The van der Waals surface area contributed by atoms with Crippen molar-refractivity contribution in [3.63, 3.8) is 0 Å². The molecule has 2 amide bonds. The first kappa shape index (κ1) is 21.9. The maximum absolute atomic E-state index is 13.4. The van der Waals surface area contributed by atoms with E-state index in [4.69, 9.17) is 0 Å². The number of carbonyl (C=O) groups is 2. The molecule has 1 N–H and O–H groups in total. The number of halogens is 2. The van der Waals surface area contributed by atoms with E-state index in [1.54, 1.807) is 4.90 Å². The Labute approximate surface area is 175 Å². The van der Waals surface area contributed by atoms with Gasteiger partial charge in [0.25, 0.3) is 5.91 Å². The molecule has 2 aromatic carbocycles. The predicted molar refractivity (Wildman–Crippen MR) is 113 cm³/mol. The van der Waals surface area contributed by atoms with Crippen molar-refractivity contribution in [1.82, 2.24) is 9.80 Å². The Balaban J connectivity index is 1.55. The molecule has 0 aliphatic carbocycles. The van der Waals surface area contributed by atoms with Gasteiger partial charge in [-0.3, -0.25) is 14.5 Å². The van der Waals surface area contributed by atoms with Crippen LogP contribution in [0.25, 0.3) is 0 Å². The highest BCUT2D eigenvalue weighted by Gasteiger charge is 2.24. The summed E-state index contributed by atoms with van der Waals surface area (Å²) in [7, 11) is 0. The number of rotatable bonds is 5. The van der Waals surface area contributed by atoms with Crippen LogP contribution in [0.15, 0.2) is 36.4 Å². The summed E-state index contributed by atoms with van der Waals surface area (Å²) in [6.45, 7) is 8.31. The van der Waals surface area contributed by atoms with Gasteiger partial charge in [-0.05, 0) is 42.2 Å². The summed E-state index contributed by atoms with van der Waals surface area (Å²) >= 11 is 0. The van der Waals surface area contributed by atoms with Crippen LogP contribution >= 0.6 is 0 Å². The van der Waals surface area contributed by atoms with Gasteiger partial charge in [0.15, 0.2) is 11.6 Å². The second kappa shape index (κ2) is 9.34. The number of benzene rings is 2. The van der Waals surface area contributed by atoms with Crippen molar-refractivity contribution in [2.24, 2.45) is 0 Å². The van der Waals surface area contributed by atoms with Gasteiger partial charge in [-0.1, -0.05) is 32.0 Å². The molecule has 0 spiro atoms. The molecule has 1 heterocycles. The molecule has 0 radical (unpaired) electrons. The molecule has 0 atom stereocenters. The minimum Gasteiger partial charge on any atom is -0.336 e. The molecule has 30 heavy (non-hydrogen) atoms. The van der Waals surface area contributed by atoms with Crippen LogP contribution in [-0.2, 0) is 4.79 Å². The molecule has 3 rings (SSSR count). The summed E-state index contributed by atoms with van der Waals surface area (Å²) in [6.07, 6.45) is 0. The lowest BCUT2D eigenvalue weighted by Gasteiger charge is -2.34. The molecule has 1 aliphatic rings. The third-order valence-corrected chi connectivity index (χ3v) is 5.38. The average molecular weight is 415 g/mol. The van der Waals surface area contributed by atoms with Gasteiger partial charge in [-0.25, -0.2) is 8.78 Å². The van der Waals surface area contributed by atoms with Crippen LogP contribution in [0.3, 0.4) is 0 Å². The van der Waals surface area contributed by atoms with Crippen LogP contribution in [0.2, 0.25) is 0 Å². The zero-order valence-corrected chi connectivity index (χ0v) is 17.5. The minimum atomic E-state index is -1.03. The first-order chi connectivity index (χ1) is 14.3. The first-order valence-electron chi connectivity index (χ1n) is 10.1. The molecule has 7 heteroatoms. The van der Waals surface area contributed by atoms with E-state index in [0.29, 0.717) is 32.1 Å². The zero-order chi connectivity index (χ0) is 21.8. The van der Waals surface area contributed by atoms with E-state index in [1.807, 2.05) is 30.0 Å². The summed E-state index contributed by atoms with van der Waals surface area (Å²) in [5.74, 6) is -2.14. The lowest BCUT2D eigenvalue weighted by atomic mass is 9.98. The smallest absolute Gasteiger partial charge is 0.254 e. The number of anilines is 1. The first-order valence-corrected chi connectivity index (χ1v) is 10.1. The third kappa shape index (κ3) is 5.02. The van der Waals surface area contributed by atoms with E-state index in [2.05, 4.69) is 19.2 Å². The quantitative estimate of drug-likeness (QED) is 0.808.